The van der Waals surface area contributed by atoms with Gasteiger partial charge in [-0.25, -0.2) is 17.8 Å². The first-order valence-corrected chi connectivity index (χ1v) is 8.82. The summed E-state index contributed by atoms with van der Waals surface area (Å²) in [6.45, 7) is 1.85. The van der Waals surface area contributed by atoms with Gasteiger partial charge in [-0.3, -0.25) is 0 Å². The van der Waals surface area contributed by atoms with Crippen LogP contribution in [0.3, 0.4) is 0 Å². The van der Waals surface area contributed by atoms with Crippen LogP contribution in [0, 0.1) is 0 Å². The Balaban J connectivity index is 1.72. The van der Waals surface area contributed by atoms with Gasteiger partial charge in [-0.2, -0.15) is 0 Å². The van der Waals surface area contributed by atoms with E-state index in [4.69, 9.17) is 0 Å². The van der Waals surface area contributed by atoms with E-state index in [1.807, 2.05) is 37.3 Å². The highest BCUT2D eigenvalue weighted by Crippen LogP contribution is 2.20. The molecule has 0 amide bonds. The Labute approximate surface area is 134 Å². The van der Waals surface area contributed by atoms with E-state index in [2.05, 4.69) is 19.7 Å². The summed E-state index contributed by atoms with van der Waals surface area (Å²) in [7, 11) is -3.67. The molecule has 3 aromatic rings. The van der Waals surface area contributed by atoms with Crippen LogP contribution in [0.25, 0.3) is 11.0 Å². The van der Waals surface area contributed by atoms with Gasteiger partial charge in [0.05, 0.1) is 0 Å². The summed E-state index contributed by atoms with van der Waals surface area (Å²) in [4.78, 5) is 0.0859. The van der Waals surface area contributed by atoms with Gasteiger partial charge in [-0.05, 0) is 47.8 Å². The van der Waals surface area contributed by atoms with Gasteiger partial charge in [0, 0.05) is 6.04 Å². The van der Waals surface area contributed by atoms with E-state index in [1.165, 1.54) is 11.6 Å². The summed E-state index contributed by atoms with van der Waals surface area (Å²) in [6.07, 6.45) is 1.51. The number of hydrogen-bond donors (Lipinski definition) is 1. The Morgan fingerprint density at radius 3 is 2.65 bits per heavy atom. The Morgan fingerprint density at radius 2 is 1.87 bits per heavy atom. The SMILES string of the molecule is C[C@H](CCc1ccccc1)NS(=O)(=O)c1cccc2nonc12. The van der Waals surface area contributed by atoms with Crippen LogP contribution in [-0.4, -0.2) is 24.8 Å². The monoisotopic (exact) mass is 331 g/mol. The van der Waals surface area contributed by atoms with Gasteiger partial charge >= 0.3 is 0 Å². The molecular weight excluding hydrogens is 314 g/mol. The first kappa shape index (κ1) is 15.6. The second kappa shape index (κ2) is 6.47. The number of nitrogens with zero attached hydrogens (tertiary/aromatic N) is 2. The Kier molecular flexibility index (Phi) is 4.40. The minimum Gasteiger partial charge on any atom is -0.243 e. The van der Waals surface area contributed by atoms with Gasteiger partial charge in [0.2, 0.25) is 10.0 Å². The van der Waals surface area contributed by atoms with Gasteiger partial charge in [0.25, 0.3) is 0 Å². The Hall–Kier alpha value is -2.25. The lowest BCUT2D eigenvalue weighted by Gasteiger charge is -2.14. The molecule has 0 aliphatic rings. The van der Waals surface area contributed by atoms with E-state index in [1.54, 1.807) is 12.1 Å². The molecule has 2 aromatic carbocycles. The standard InChI is InChI=1S/C16H17N3O3S/c1-12(10-11-13-6-3-2-4-7-13)19-23(20,21)15-9-5-8-14-16(15)18-22-17-14/h2-9,12,19H,10-11H2,1H3/t12-/m1/s1. The summed E-state index contributed by atoms with van der Waals surface area (Å²) >= 11 is 0. The minimum absolute atomic E-state index is 0.0859. The van der Waals surface area contributed by atoms with Crippen LogP contribution in [-0.2, 0) is 16.4 Å². The number of benzene rings is 2. The average Bonchev–Trinajstić information content (AvgIpc) is 3.02. The maximum Gasteiger partial charge on any atom is 0.243 e. The van der Waals surface area contributed by atoms with Gasteiger partial charge < -0.3 is 0 Å². The molecule has 3 rings (SSSR count). The zero-order valence-corrected chi connectivity index (χ0v) is 13.5. The number of aromatic nitrogens is 2. The van der Waals surface area contributed by atoms with Gasteiger partial charge in [-0.1, -0.05) is 36.4 Å². The summed E-state index contributed by atoms with van der Waals surface area (Å²) in [6, 6.07) is 14.5. The van der Waals surface area contributed by atoms with E-state index < -0.39 is 10.0 Å². The van der Waals surface area contributed by atoms with E-state index in [9.17, 15) is 8.42 Å². The van der Waals surface area contributed by atoms with Crippen LogP contribution in [0.1, 0.15) is 18.9 Å². The quantitative estimate of drug-likeness (QED) is 0.750. The molecule has 120 valence electrons. The summed E-state index contributed by atoms with van der Waals surface area (Å²) in [5.74, 6) is 0. The molecule has 0 radical (unpaired) electrons. The van der Waals surface area contributed by atoms with Crippen LogP contribution < -0.4 is 4.72 Å². The predicted octanol–water partition coefficient (Wildman–Crippen LogP) is 2.52. The van der Waals surface area contributed by atoms with Crippen molar-refractivity contribution >= 4 is 21.1 Å². The van der Waals surface area contributed by atoms with Crippen LogP contribution in [0.2, 0.25) is 0 Å². The number of fused-ring (bicyclic) bond motifs is 1. The number of sulfonamides is 1. The molecule has 0 aliphatic heterocycles. The lowest BCUT2D eigenvalue weighted by molar-refractivity contribution is 0.315. The molecule has 1 heterocycles. The Morgan fingerprint density at radius 1 is 1.09 bits per heavy atom. The highest BCUT2D eigenvalue weighted by molar-refractivity contribution is 7.89. The molecule has 0 unspecified atom stereocenters. The molecule has 0 saturated carbocycles. The summed E-state index contributed by atoms with van der Waals surface area (Å²) in [5, 5.41) is 7.35. The first-order valence-electron chi connectivity index (χ1n) is 7.34. The molecule has 7 heteroatoms. The second-order valence-corrected chi connectivity index (χ2v) is 7.12. The van der Waals surface area contributed by atoms with Crippen molar-refractivity contribution in [1.82, 2.24) is 15.0 Å². The number of nitrogens with one attached hydrogen (secondary N) is 1. The predicted molar refractivity (Wildman–Crippen MR) is 86.4 cm³/mol. The van der Waals surface area contributed by atoms with Gasteiger partial charge in [-0.15, -0.1) is 0 Å². The second-order valence-electron chi connectivity index (χ2n) is 5.43. The highest BCUT2D eigenvalue weighted by atomic mass is 32.2. The first-order chi connectivity index (χ1) is 11.1. The Bertz CT molecular complexity index is 891. The third-order valence-electron chi connectivity index (χ3n) is 3.60. The van der Waals surface area contributed by atoms with Gasteiger partial charge in [0.15, 0.2) is 5.52 Å². The van der Waals surface area contributed by atoms with E-state index in [-0.39, 0.29) is 16.5 Å². The average molecular weight is 331 g/mol. The zero-order valence-electron chi connectivity index (χ0n) is 12.6. The fraction of sp³-hybridized carbons (Fsp3) is 0.250. The normalized spacial score (nSPS) is 13.3. The van der Waals surface area contributed by atoms with Crippen molar-refractivity contribution in [2.75, 3.05) is 0 Å². The molecule has 0 saturated heterocycles. The van der Waals surface area contributed by atoms with E-state index in [0.717, 1.165) is 6.42 Å². The van der Waals surface area contributed by atoms with Crippen LogP contribution in [0.15, 0.2) is 58.1 Å². The number of hydrogen-bond acceptors (Lipinski definition) is 5. The van der Waals surface area contributed by atoms with Crippen molar-refractivity contribution in [2.24, 2.45) is 0 Å². The maximum atomic E-state index is 12.5. The minimum atomic E-state index is -3.67. The van der Waals surface area contributed by atoms with Crippen LogP contribution >= 0.6 is 0 Å². The van der Waals surface area contributed by atoms with Crippen molar-refractivity contribution in [1.29, 1.82) is 0 Å². The molecule has 0 aliphatic carbocycles. The molecule has 6 nitrogen and oxygen atoms in total. The molecule has 0 spiro atoms. The topological polar surface area (TPSA) is 85.1 Å². The molecular formula is C16H17N3O3S. The van der Waals surface area contributed by atoms with Crippen molar-refractivity contribution in [3.05, 3.63) is 54.1 Å². The van der Waals surface area contributed by atoms with Crippen molar-refractivity contribution < 1.29 is 13.0 Å². The number of rotatable bonds is 6. The zero-order chi connectivity index (χ0) is 16.3. The molecule has 23 heavy (non-hydrogen) atoms. The maximum absolute atomic E-state index is 12.5. The molecule has 1 N–H and O–H groups in total. The summed E-state index contributed by atoms with van der Waals surface area (Å²) in [5.41, 5.74) is 1.85. The fourth-order valence-corrected chi connectivity index (χ4v) is 3.84. The van der Waals surface area contributed by atoms with Crippen molar-refractivity contribution in [2.45, 2.75) is 30.7 Å². The van der Waals surface area contributed by atoms with Gasteiger partial charge in [0.1, 0.15) is 10.4 Å². The lowest BCUT2D eigenvalue weighted by Crippen LogP contribution is -2.33. The molecule has 1 aromatic heterocycles. The van der Waals surface area contributed by atoms with Crippen LogP contribution in [0.4, 0.5) is 0 Å². The van der Waals surface area contributed by atoms with Crippen molar-refractivity contribution in [3.8, 4) is 0 Å². The largest absolute Gasteiger partial charge is 0.243 e. The smallest absolute Gasteiger partial charge is 0.243 e. The molecule has 1 atom stereocenters. The van der Waals surface area contributed by atoms with Crippen LogP contribution in [0.5, 0.6) is 0 Å². The molecule has 0 bridgehead atoms. The summed E-state index contributed by atoms with van der Waals surface area (Å²) < 4.78 is 32.4. The number of aryl methyl sites for hydroxylation is 1. The highest BCUT2D eigenvalue weighted by Gasteiger charge is 2.22. The third kappa shape index (κ3) is 3.57. The van der Waals surface area contributed by atoms with E-state index >= 15 is 0 Å². The van der Waals surface area contributed by atoms with Crippen molar-refractivity contribution in [3.63, 3.8) is 0 Å². The van der Waals surface area contributed by atoms with E-state index in [0.29, 0.717) is 11.9 Å². The third-order valence-corrected chi connectivity index (χ3v) is 5.22. The molecule has 0 fully saturated rings. The lowest BCUT2D eigenvalue weighted by atomic mass is 10.1. The fourth-order valence-electron chi connectivity index (χ4n) is 2.41.